The number of carbonyl (C=O) groups is 2. The maximum absolute atomic E-state index is 11.5. The topological polar surface area (TPSA) is 58.6 Å². The van der Waals surface area contributed by atoms with E-state index in [1.807, 2.05) is 0 Å². The van der Waals surface area contributed by atoms with Crippen LogP contribution in [0.1, 0.15) is 6.42 Å². The largest absolute Gasteiger partial charge is 0.461 e. The summed E-state index contributed by atoms with van der Waals surface area (Å²) in [7, 11) is 4.91. The predicted octanol–water partition coefficient (Wildman–Crippen LogP) is -0.218. The number of hydrogen-bond acceptors (Lipinski definition) is 4. The van der Waals surface area contributed by atoms with Gasteiger partial charge in [-0.25, -0.2) is 0 Å². The molecule has 0 radical (unpaired) electrons. The van der Waals surface area contributed by atoms with Gasteiger partial charge in [0.2, 0.25) is 5.91 Å². The molecular weight excluding hydrogens is 196 g/mol. The summed E-state index contributed by atoms with van der Waals surface area (Å²) in [6.45, 7) is 3.60. The Hall–Kier alpha value is -1.36. The van der Waals surface area contributed by atoms with Crippen molar-refractivity contribution >= 4 is 11.9 Å². The van der Waals surface area contributed by atoms with E-state index in [0.29, 0.717) is 0 Å². The number of nitrogens with one attached hydrogen (secondary N) is 1. The fraction of sp³-hybridized carbons (Fsp3) is 0.600. The number of hydrogen-bond donors (Lipinski definition) is 1. The van der Waals surface area contributed by atoms with E-state index in [1.54, 1.807) is 21.1 Å². The van der Waals surface area contributed by atoms with E-state index in [0.717, 1.165) is 0 Å². The summed E-state index contributed by atoms with van der Waals surface area (Å²) in [5.41, 5.74) is 0. The van der Waals surface area contributed by atoms with Crippen molar-refractivity contribution < 1.29 is 14.3 Å². The lowest BCUT2D eigenvalue weighted by Gasteiger charge is -2.18. The lowest BCUT2D eigenvalue weighted by Crippen LogP contribution is -2.43. The molecule has 0 unspecified atom stereocenters. The van der Waals surface area contributed by atoms with Gasteiger partial charge in [-0.3, -0.25) is 9.59 Å². The van der Waals surface area contributed by atoms with E-state index < -0.39 is 12.0 Å². The molecule has 0 saturated heterocycles. The Morgan fingerprint density at radius 3 is 2.53 bits per heavy atom. The molecule has 1 atom stereocenters. The summed E-state index contributed by atoms with van der Waals surface area (Å²) in [6.07, 6.45) is 1.52. The third-order valence-electron chi connectivity index (χ3n) is 1.82. The molecule has 0 rings (SSSR count). The molecule has 86 valence electrons. The minimum Gasteiger partial charge on any atom is -0.461 e. The first-order chi connectivity index (χ1) is 7.02. The summed E-state index contributed by atoms with van der Waals surface area (Å²) in [5, 5.41) is 2.77. The Morgan fingerprint density at radius 2 is 2.13 bits per heavy atom. The second-order valence-electron chi connectivity index (χ2n) is 3.25. The van der Waals surface area contributed by atoms with Crippen LogP contribution in [0.5, 0.6) is 0 Å². The van der Waals surface area contributed by atoms with Crippen molar-refractivity contribution in [3.8, 4) is 0 Å². The van der Waals surface area contributed by atoms with Crippen LogP contribution in [0.4, 0.5) is 0 Å². The molecule has 0 aliphatic carbocycles. The van der Waals surface area contributed by atoms with Crippen molar-refractivity contribution in [3.63, 3.8) is 0 Å². The molecule has 0 aliphatic rings. The first kappa shape index (κ1) is 13.6. The highest BCUT2D eigenvalue weighted by Gasteiger charge is 2.21. The zero-order valence-corrected chi connectivity index (χ0v) is 9.45. The van der Waals surface area contributed by atoms with Gasteiger partial charge in [-0.05, 0) is 7.05 Å². The molecule has 0 spiro atoms. The van der Waals surface area contributed by atoms with Crippen LogP contribution in [0.2, 0.25) is 0 Å². The van der Waals surface area contributed by atoms with E-state index in [-0.39, 0.29) is 18.9 Å². The van der Waals surface area contributed by atoms with Crippen molar-refractivity contribution in [1.29, 1.82) is 0 Å². The number of ether oxygens (including phenoxy) is 1. The van der Waals surface area contributed by atoms with Gasteiger partial charge in [0.25, 0.3) is 0 Å². The van der Waals surface area contributed by atoms with E-state index in [9.17, 15) is 9.59 Å². The maximum Gasteiger partial charge on any atom is 0.308 e. The predicted molar refractivity (Wildman–Crippen MR) is 57.3 cm³/mol. The van der Waals surface area contributed by atoms with Gasteiger partial charge in [-0.1, -0.05) is 12.7 Å². The quantitative estimate of drug-likeness (QED) is 0.490. The Kier molecular flexibility index (Phi) is 6.37. The van der Waals surface area contributed by atoms with Crippen LogP contribution in [0.3, 0.4) is 0 Å². The molecule has 0 aromatic heterocycles. The van der Waals surface area contributed by atoms with E-state index in [4.69, 9.17) is 4.74 Å². The normalized spacial score (nSPS) is 11.7. The Balaban J connectivity index is 4.14. The van der Waals surface area contributed by atoms with E-state index in [1.165, 1.54) is 11.0 Å². The van der Waals surface area contributed by atoms with Crippen LogP contribution < -0.4 is 5.32 Å². The van der Waals surface area contributed by atoms with Gasteiger partial charge < -0.3 is 15.0 Å². The highest BCUT2D eigenvalue weighted by molar-refractivity contribution is 5.86. The first-order valence-electron chi connectivity index (χ1n) is 4.67. The molecule has 5 heteroatoms. The van der Waals surface area contributed by atoms with Crippen LogP contribution in [0.15, 0.2) is 12.7 Å². The third kappa shape index (κ3) is 5.17. The number of rotatable bonds is 6. The minimum atomic E-state index is -0.530. The molecule has 0 aliphatic heterocycles. The van der Waals surface area contributed by atoms with Gasteiger partial charge in [-0.15, -0.1) is 0 Å². The monoisotopic (exact) mass is 214 g/mol. The molecule has 15 heavy (non-hydrogen) atoms. The van der Waals surface area contributed by atoms with E-state index >= 15 is 0 Å². The van der Waals surface area contributed by atoms with Crippen LogP contribution in [0.25, 0.3) is 0 Å². The number of esters is 1. The molecule has 1 amide bonds. The number of amides is 1. The molecular formula is C10H18N2O3. The van der Waals surface area contributed by atoms with Crippen LogP contribution in [0, 0.1) is 0 Å². The standard InChI is InChI=1S/C10H18N2O3/c1-5-6-15-9(13)7-8(11-2)10(14)12(3)4/h5,8,11H,1,6-7H2,2-4H3/t8-/m1/s1. The van der Waals surface area contributed by atoms with Gasteiger partial charge in [-0.2, -0.15) is 0 Å². The number of carbonyl (C=O) groups excluding carboxylic acids is 2. The lowest BCUT2D eigenvalue weighted by atomic mass is 10.2. The molecule has 0 fully saturated rings. The maximum atomic E-state index is 11.5. The summed E-state index contributed by atoms with van der Waals surface area (Å²) in [6, 6.07) is -0.530. The molecule has 0 heterocycles. The van der Waals surface area contributed by atoms with Crippen molar-refractivity contribution in [1.82, 2.24) is 10.2 Å². The Bertz CT molecular complexity index is 239. The number of nitrogens with zero attached hydrogens (tertiary/aromatic N) is 1. The van der Waals surface area contributed by atoms with Crippen molar-refractivity contribution in [2.24, 2.45) is 0 Å². The van der Waals surface area contributed by atoms with E-state index in [2.05, 4.69) is 11.9 Å². The minimum absolute atomic E-state index is 0.0291. The van der Waals surface area contributed by atoms with Crippen molar-refractivity contribution in [3.05, 3.63) is 12.7 Å². The fourth-order valence-corrected chi connectivity index (χ4v) is 1.00. The highest BCUT2D eigenvalue weighted by Crippen LogP contribution is 1.98. The first-order valence-corrected chi connectivity index (χ1v) is 4.67. The van der Waals surface area contributed by atoms with Crippen molar-refractivity contribution in [2.45, 2.75) is 12.5 Å². The second kappa shape index (κ2) is 7.00. The third-order valence-corrected chi connectivity index (χ3v) is 1.82. The zero-order chi connectivity index (χ0) is 11.8. The Morgan fingerprint density at radius 1 is 1.53 bits per heavy atom. The smallest absolute Gasteiger partial charge is 0.308 e. The zero-order valence-electron chi connectivity index (χ0n) is 9.45. The van der Waals surface area contributed by atoms with Crippen LogP contribution >= 0.6 is 0 Å². The number of likely N-dealkylation sites (N-methyl/N-ethyl adjacent to an activating group) is 2. The molecule has 0 bridgehead atoms. The Labute approximate surface area is 90.1 Å². The summed E-state index contributed by atoms with van der Waals surface area (Å²) < 4.78 is 4.79. The van der Waals surface area contributed by atoms with Gasteiger partial charge in [0.1, 0.15) is 6.61 Å². The van der Waals surface area contributed by atoms with Gasteiger partial charge in [0.15, 0.2) is 0 Å². The molecule has 0 aromatic carbocycles. The average Bonchev–Trinajstić information content (AvgIpc) is 2.21. The van der Waals surface area contributed by atoms with Crippen LogP contribution in [-0.4, -0.2) is 50.6 Å². The summed E-state index contributed by atoms with van der Waals surface area (Å²) in [4.78, 5) is 24.2. The van der Waals surface area contributed by atoms with Crippen molar-refractivity contribution in [2.75, 3.05) is 27.7 Å². The van der Waals surface area contributed by atoms with Gasteiger partial charge in [0, 0.05) is 14.1 Å². The molecule has 0 aromatic rings. The fourth-order valence-electron chi connectivity index (χ4n) is 1.00. The lowest BCUT2D eigenvalue weighted by molar-refractivity contribution is -0.145. The summed E-state index contributed by atoms with van der Waals surface area (Å²) >= 11 is 0. The SMILES string of the molecule is C=CCOC(=O)C[C@@H](NC)C(=O)N(C)C. The molecule has 0 saturated carbocycles. The second-order valence-corrected chi connectivity index (χ2v) is 3.25. The van der Waals surface area contributed by atoms with Gasteiger partial charge >= 0.3 is 5.97 Å². The summed E-state index contributed by atoms with van der Waals surface area (Å²) in [5.74, 6) is -0.558. The van der Waals surface area contributed by atoms with Gasteiger partial charge in [0.05, 0.1) is 12.5 Å². The van der Waals surface area contributed by atoms with Crippen LogP contribution in [-0.2, 0) is 14.3 Å². The molecule has 1 N–H and O–H groups in total. The molecule has 5 nitrogen and oxygen atoms in total. The highest BCUT2D eigenvalue weighted by atomic mass is 16.5. The average molecular weight is 214 g/mol.